The highest BCUT2D eigenvalue weighted by atomic mass is 16.7. The summed E-state index contributed by atoms with van der Waals surface area (Å²) in [6.07, 6.45) is 7.20. The molecule has 4 rings (SSSR count). The Labute approximate surface area is 126 Å². The number of hydrogen-bond acceptors (Lipinski definition) is 3. The molecule has 0 radical (unpaired) electrons. The molecule has 2 heterocycles. The second-order valence-corrected chi connectivity index (χ2v) is 6.87. The lowest BCUT2D eigenvalue weighted by atomic mass is 9.80. The van der Waals surface area contributed by atoms with E-state index in [-0.39, 0.29) is 6.10 Å². The van der Waals surface area contributed by atoms with E-state index in [0.29, 0.717) is 5.41 Å². The Balaban J connectivity index is 1.64. The first-order valence-electron chi connectivity index (χ1n) is 8.28. The molecule has 1 aliphatic carbocycles. The Morgan fingerprint density at radius 1 is 1.24 bits per heavy atom. The predicted molar refractivity (Wildman–Crippen MR) is 80.3 cm³/mol. The van der Waals surface area contributed by atoms with Crippen LogP contribution in [0.5, 0.6) is 5.75 Å². The number of para-hydroxylation sites is 1. The fourth-order valence-corrected chi connectivity index (χ4v) is 4.42. The summed E-state index contributed by atoms with van der Waals surface area (Å²) in [5.74, 6) is 0.482. The van der Waals surface area contributed by atoms with Crippen molar-refractivity contribution in [1.82, 2.24) is 0 Å². The van der Waals surface area contributed by atoms with E-state index in [4.69, 9.17) is 14.2 Å². The fraction of sp³-hybridized carbons (Fsp3) is 0.667. The van der Waals surface area contributed by atoms with E-state index in [0.717, 1.165) is 31.8 Å². The van der Waals surface area contributed by atoms with Crippen molar-refractivity contribution >= 4 is 0 Å². The SMILES string of the molecule is CCO[C@H]1C[C@@]2(CC3(CCCC3)CO2)Oc2ccccc21. The van der Waals surface area contributed by atoms with Crippen LogP contribution in [0.3, 0.4) is 0 Å². The summed E-state index contributed by atoms with van der Waals surface area (Å²) in [6, 6.07) is 8.25. The van der Waals surface area contributed by atoms with Gasteiger partial charge >= 0.3 is 0 Å². The molecule has 3 aliphatic rings. The number of rotatable bonds is 2. The molecule has 2 spiro atoms. The van der Waals surface area contributed by atoms with Crippen molar-refractivity contribution in [2.45, 2.75) is 57.3 Å². The summed E-state index contributed by atoms with van der Waals surface area (Å²) in [5.41, 5.74) is 1.53. The third kappa shape index (κ3) is 2.27. The summed E-state index contributed by atoms with van der Waals surface area (Å²) in [4.78, 5) is 0. The van der Waals surface area contributed by atoms with Crippen molar-refractivity contribution in [2.24, 2.45) is 5.41 Å². The molecule has 2 aliphatic heterocycles. The fourth-order valence-electron chi connectivity index (χ4n) is 4.42. The highest BCUT2D eigenvalue weighted by Crippen LogP contribution is 2.55. The zero-order valence-electron chi connectivity index (χ0n) is 12.8. The average molecular weight is 288 g/mol. The van der Waals surface area contributed by atoms with Gasteiger partial charge in [-0.2, -0.15) is 0 Å². The van der Waals surface area contributed by atoms with Gasteiger partial charge < -0.3 is 14.2 Å². The molecule has 1 saturated carbocycles. The van der Waals surface area contributed by atoms with E-state index < -0.39 is 5.79 Å². The second kappa shape index (κ2) is 4.99. The smallest absolute Gasteiger partial charge is 0.214 e. The highest BCUT2D eigenvalue weighted by molar-refractivity contribution is 5.38. The van der Waals surface area contributed by atoms with E-state index in [9.17, 15) is 0 Å². The van der Waals surface area contributed by atoms with Crippen molar-refractivity contribution in [2.75, 3.05) is 13.2 Å². The quantitative estimate of drug-likeness (QED) is 0.815. The van der Waals surface area contributed by atoms with Crippen molar-refractivity contribution in [1.29, 1.82) is 0 Å². The Morgan fingerprint density at radius 3 is 2.86 bits per heavy atom. The first-order chi connectivity index (χ1) is 10.2. The van der Waals surface area contributed by atoms with Crippen LogP contribution in [0.25, 0.3) is 0 Å². The van der Waals surface area contributed by atoms with Crippen LogP contribution in [-0.4, -0.2) is 19.0 Å². The Morgan fingerprint density at radius 2 is 2.05 bits per heavy atom. The lowest BCUT2D eigenvalue weighted by Gasteiger charge is -2.39. The molecule has 0 aromatic heterocycles. The Kier molecular flexibility index (Phi) is 3.23. The van der Waals surface area contributed by atoms with Gasteiger partial charge in [-0.25, -0.2) is 0 Å². The molecule has 0 bridgehead atoms. The molecule has 1 aromatic carbocycles. The average Bonchev–Trinajstić information content (AvgIpc) is 3.08. The second-order valence-electron chi connectivity index (χ2n) is 6.87. The summed E-state index contributed by atoms with van der Waals surface area (Å²) in [6.45, 7) is 3.63. The van der Waals surface area contributed by atoms with Crippen molar-refractivity contribution in [3.05, 3.63) is 29.8 Å². The van der Waals surface area contributed by atoms with Crippen LogP contribution in [0.4, 0.5) is 0 Å². The lowest BCUT2D eigenvalue weighted by Crippen LogP contribution is -2.41. The molecule has 0 N–H and O–H groups in total. The predicted octanol–water partition coefficient (Wildman–Crippen LogP) is 4.22. The summed E-state index contributed by atoms with van der Waals surface area (Å²) in [7, 11) is 0. The first-order valence-corrected chi connectivity index (χ1v) is 8.28. The lowest BCUT2D eigenvalue weighted by molar-refractivity contribution is -0.187. The first kappa shape index (κ1) is 13.6. The largest absolute Gasteiger partial charge is 0.462 e. The normalized spacial score (nSPS) is 33.3. The minimum absolute atomic E-state index is 0.0940. The molecular weight excluding hydrogens is 264 g/mol. The van der Waals surface area contributed by atoms with Gasteiger partial charge in [0.15, 0.2) is 0 Å². The zero-order chi connectivity index (χ0) is 14.3. The number of benzene rings is 1. The maximum Gasteiger partial charge on any atom is 0.214 e. The third-order valence-electron chi connectivity index (χ3n) is 5.38. The van der Waals surface area contributed by atoms with Crippen LogP contribution >= 0.6 is 0 Å². The number of fused-ring (bicyclic) bond motifs is 1. The summed E-state index contributed by atoms with van der Waals surface area (Å²) in [5, 5.41) is 0. The maximum atomic E-state index is 6.34. The monoisotopic (exact) mass is 288 g/mol. The van der Waals surface area contributed by atoms with Gasteiger partial charge in [-0.3, -0.25) is 0 Å². The standard InChI is InChI=1S/C18H24O3/c1-2-19-16-11-18(21-15-8-4-3-7-14(15)16)12-17(13-20-18)9-5-6-10-17/h3-4,7-8,16H,2,5-6,9-13H2,1H3/t16-,18-/m0/s1. The molecule has 0 amide bonds. The van der Waals surface area contributed by atoms with Crippen LogP contribution in [0.15, 0.2) is 24.3 Å². The van der Waals surface area contributed by atoms with E-state index >= 15 is 0 Å². The molecule has 2 fully saturated rings. The van der Waals surface area contributed by atoms with Gasteiger partial charge in [0, 0.05) is 30.4 Å². The molecule has 0 unspecified atom stereocenters. The topological polar surface area (TPSA) is 27.7 Å². The van der Waals surface area contributed by atoms with Gasteiger partial charge in [-0.15, -0.1) is 0 Å². The van der Waals surface area contributed by atoms with E-state index in [1.807, 2.05) is 12.1 Å². The van der Waals surface area contributed by atoms with Crippen molar-refractivity contribution < 1.29 is 14.2 Å². The minimum Gasteiger partial charge on any atom is -0.462 e. The zero-order valence-corrected chi connectivity index (χ0v) is 12.8. The Hall–Kier alpha value is -1.06. The molecule has 114 valence electrons. The van der Waals surface area contributed by atoms with E-state index in [2.05, 4.69) is 19.1 Å². The maximum absolute atomic E-state index is 6.34. The van der Waals surface area contributed by atoms with Gasteiger partial charge in [-0.05, 0) is 25.8 Å². The molecule has 2 atom stereocenters. The molecule has 3 heteroatoms. The van der Waals surface area contributed by atoms with Gasteiger partial charge in [0.1, 0.15) is 5.75 Å². The van der Waals surface area contributed by atoms with Crippen LogP contribution in [0.2, 0.25) is 0 Å². The number of hydrogen-bond donors (Lipinski definition) is 0. The minimum atomic E-state index is -0.460. The van der Waals surface area contributed by atoms with Crippen LogP contribution in [0, 0.1) is 5.41 Å². The van der Waals surface area contributed by atoms with Gasteiger partial charge in [-0.1, -0.05) is 31.0 Å². The van der Waals surface area contributed by atoms with Crippen LogP contribution in [-0.2, 0) is 9.47 Å². The van der Waals surface area contributed by atoms with Gasteiger partial charge in [0.05, 0.1) is 12.7 Å². The molecule has 21 heavy (non-hydrogen) atoms. The molecule has 1 saturated heterocycles. The number of ether oxygens (including phenoxy) is 3. The van der Waals surface area contributed by atoms with E-state index in [1.54, 1.807) is 0 Å². The molecular formula is C18H24O3. The molecule has 1 aromatic rings. The molecule has 3 nitrogen and oxygen atoms in total. The van der Waals surface area contributed by atoms with Crippen LogP contribution < -0.4 is 4.74 Å². The van der Waals surface area contributed by atoms with Gasteiger partial charge in [0.25, 0.3) is 0 Å². The summed E-state index contributed by atoms with van der Waals surface area (Å²) >= 11 is 0. The van der Waals surface area contributed by atoms with Gasteiger partial charge in [0.2, 0.25) is 5.79 Å². The van der Waals surface area contributed by atoms with Crippen molar-refractivity contribution in [3.63, 3.8) is 0 Å². The van der Waals surface area contributed by atoms with Crippen LogP contribution in [0.1, 0.15) is 57.1 Å². The summed E-state index contributed by atoms with van der Waals surface area (Å²) < 4.78 is 18.6. The Bertz CT molecular complexity index is 521. The van der Waals surface area contributed by atoms with Crippen molar-refractivity contribution in [3.8, 4) is 5.75 Å². The van der Waals surface area contributed by atoms with E-state index in [1.165, 1.54) is 31.2 Å². The third-order valence-corrected chi connectivity index (χ3v) is 5.38. The highest BCUT2D eigenvalue weighted by Gasteiger charge is 2.55.